The molecule has 0 aromatic rings. The van der Waals surface area contributed by atoms with Crippen molar-refractivity contribution in [2.24, 2.45) is 5.73 Å². The van der Waals surface area contributed by atoms with E-state index in [0.29, 0.717) is 0 Å². The summed E-state index contributed by atoms with van der Waals surface area (Å²) in [5.41, 5.74) is 4.15. The van der Waals surface area contributed by atoms with E-state index in [1.807, 2.05) is 6.92 Å². The van der Waals surface area contributed by atoms with Crippen LogP contribution in [0.15, 0.2) is 12.2 Å². The fourth-order valence-electron chi connectivity index (χ4n) is 0.434. The van der Waals surface area contributed by atoms with Gasteiger partial charge < -0.3 is 10.8 Å². The SMILES string of the molecule is CC/C=C/C(C)(N)C(=O)O. The van der Waals surface area contributed by atoms with Crippen LogP contribution < -0.4 is 5.73 Å². The Morgan fingerprint density at radius 1 is 1.80 bits per heavy atom. The highest BCUT2D eigenvalue weighted by Gasteiger charge is 2.23. The molecular formula is C7H13NO2. The Kier molecular flexibility index (Phi) is 3.09. The van der Waals surface area contributed by atoms with E-state index in [2.05, 4.69) is 0 Å². The van der Waals surface area contributed by atoms with E-state index in [-0.39, 0.29) is 0 Å². The minimum atomic E-state index is -1.21. The quantitative estimate of drug-likeness (QED) is 0.573. The van der Waals surface area contributed by atoms with Crippen molar-refractivity contribution < 1.29 is 9.90 Å². The van der Waals surface area contributed by atoms with Gasteiger partial charge in [0.05, 0.1) is 0 Å². The summed E-state index contributed by atoms with van der Waals surface area (Å²) in [6.07, 6.45) is 4.05. The standard InChI is InChI=1S/C7H13NO2/c1-3-4-5-7(2,8)6(9)10/h4-5H,3,8H2,1-2H3,(H,9,10)/b5-4+. The molecule has 0 bridgehead atoms. The number of rotatable bonds is 3. The normalized spacial score (nSPS) is 17.1. The molecule has 0 aromatic carbocycles. The molecule has 0 saturated carbocycles. The molecule has 0 aliphatic carbocycles. The van der Waals surface area contributed by atoms with Gasteiger partial charge in [-0.2, -0.15) is 0 Å². The molecule has 0 aliphatic rings. The minimum absolute atomic E-state index is 0.806. The average molecular weight is 143 g/mol. The van der Waals surface area contributed by atoms with Gasteiger partial charge in [-0.05, 0) is 13.3 Å². The van der Waals surface area contributed by atoms with Crippen LogP contribution in [-0.2, 0) is 4.79 Å². The smallest absolute Gasteiger partial charge is 0.327 e. The van der Waals surface area contributed by atoms with Gasteiger partial charge in [-0.15, -0.1) is 0 Å². The summed E-state index contributed by atoms with van der Waals surface area (Å²) in [5.74, 6) is -1.00. The Labute approximate surface area is 60.5 Å². The Morgan fingerprint density at radius 3 is 2.60 bits per heavy atom. The summed E-state index contributed by atoms with van der Waals surface area (Å²) >= 11 is 0. The lowest BCUT2D eigenvalue weighted by molar-refractivity contribution is -0.140. The Balaban J connectivity index is 4.12. The molecule has 0 aliphatic heterocycles. The largest absolute Gasteiger partial charge is 0.480 e. The van der Waals surface area contributed by atoms with Gasteiger partial charge in [0.15, 0.2) is 0 Å². The molecule has 3 heteroatoms. The zero-order chi connectivity index (χ0) is 8.20. The highest BCUT2D eigenvalue weighted by Crippen LogP contribution is 2.01. The lowest BCUT2D eigenvalue weighted by Gasteiger charge is -2.12. The topological polar surface area (TPSA) is 63.3 Å². The van der Waals surface area contributed by atoms with Crippen molar-refractivity contribution in [1.29, 1.82) is 0 Å². The van der Waals surface area contributed by atoms with Gasteiger partial charge in [0.2, 0.25) is 0 Å². The van der Waals surface area contributed by atoms with Crippen LogP contribution in [0.2, 0.25) is 0 Å². The van der Waals surface area contributed by atoms with E-state index in [9.17, 15) is 4.79 Å². The molecule has 1 unspecified atom stereocenters. The van der Waals surface area contributed by atoms with Crippen LogP contribution >= 0.6 is 0 Å². The second-order valence-electron chi connectivity index (χ2n) is 2.40. The zero-order valence-corrected chi connectivity index (χ0v) is 6.29. The molecule has 58 valence electrons. The number of allylic oxidation sites excluding steroid dienone is 1. The first-order chi connectivity index (χ1) is 4.50. The Morgan fingerprint density at radius 2 is 2.30 bits per heavy atom. The maximum absolute atomic E-state index is 10.4. The highest BCUT2D eigenvalue weighted by atomic mass is 16.4. The fourth-order valence-corrected chi connectivity index (χ4v) is 0.434. The summed E-state index contributed by atoms with van der Waals surface area (Å²) < 4.78 is 0. The molecule has 0 rings (SSSR count). The molecule has 3 N–H and O–H groups in total. The molecule has 1 atom stereocenters. The van der Waals surface area contributed by atoms with Gasteiger partial charge in [-0.1, -0.05) is 19.1 Å². The van der Waals surface area contributed by atoms with Gasteiger partial charge in [-0.25, -0.2) is 4.79 Å². The lowest BCUT2D eigenvalue weighted by Crippen LogP contribution is -2.42. The second kappa shape index (κ2) is 3.37. The molecular weight excluding hydrogens is 130 g/mol. The van der Waals surface area contributed by atoms with Crippen LogP contribution in [0.3, 0.4) is 0 Å². The predicted octanol–water partition coefficient (Wildman–Crippen LogP) is 0.755. The van der Waals surface area contributed by atoms with Gasteiger partial charge in [0.1, 0.15) is 5.54 Å². The number of hydrogen-bond donors (Lipinski definition) is 2. The van der Waals surface area contributed by atoms with Crippen molar-refractivity contribution in [3.63, 3.8) is 0 Å². The highest BCUT2D eigenvalue weighted by molar-refractivity contribution is 5.80. The van der Waals surface area contributed by atoms with Crippen LogP contribution in [-0.4, -0.2) is 16.6 Å². The summed E-state index contributed by atoms with van der Waals surface area (Å²) in [6, 6.07) is 0. The first-order valence-corrected chi connectivity index (χ1v) is 3.20. The molecule has 0 radical (unpaired) electrons. The van der Waals surface area contributed by atoms with Crippen LogP contribution in [0.5, 0.6) is 0 Å². The van der Waals surface area contributed by atoms with Crippen molar-refractivity contribution in [1.82, 2.24) is 0 Å². The number of hydrogen-bond acceptors (Lipinski definition) is 2. The van der Waals surface area contributed by atoms with E-state index >= 15 is 0 Å². The van der Waals surface area contributed by atoms with Crippen molar-refractivity contribution in [2.45, 2.75) is 25.8 Å². The zero-order valence-electron chi connectivity index (χ0n) is 6.29. The van der Waals surface area contributed by atoms with Crippen molar-refractivity contribution in [2.75, 3.05) is 0 Å². The van der Waals surface area contributed by atoms with E-state index < -0.39 is 11.5 Å². The van der Waals surface area contributed by atoms with Crippen LogP contribution in [0, 0.1) is 0 Å². The van der Waals surface area contributed by atoms with Gasteiger partial charge in [0.25, 0.3) is 0 Å². The van der Waals surface area contributed by atoms with Crippen LogP contribution in [0.25, 0.3) is 0 Å². The third-order valence-corrected chi connectivity index (χ3v) is 1.16. The molecule has 0 fully saturated rings. The van der Waals surface area contributed by atoms with E-state index in [1.54, 1.807) is 6.08 Å². The molecule has 0 aromatic heterocycles. The van der Waals surface area contributed by atoms with Crippen LogP contribution in [0.1, 0.15) is 20.3 Å². The van der Waals surface area contributed by atoms with Gasteiger partial charge >= 0.3 is 5.97 Å². The maximum Gasteiger partial charge on any atom is 0.327 e. The molecule has 0 spiro atoms. The number of aliphatic carboxylic acids is 1. The predicted molar refractivity (Wildman–Crippen MR) is 39.7 cm³/mol. The number of carbonyl (C=O) groups is 1. The molecule has 0 heterocycles. The first-order valence-electron chi connectivity index (χ1n) is 3.20. The maximum atomic E-state index is 10.4. The number of carboxylic acids is 1. The molecule has 10 heavy (non-hydrogen) atoms. The average Bonchev–Trinajstić information content (AvgIpc) is 1.84. The second-order valence-corrected chi connectivity index (χ2v) is 2.40. The number of nitrogens with two attached hydrogens (primary N) is 1. The third kappa shape index (κ3) is 2.64. The van der Waals surface area contributed by atoms with Crippen molar-refractivity contribution in [3.8, 4) is 0 Å². The monoisotopic (exact) mass is 143 g/mol. The Hall–Kier alpha value is -0.830. The van der Waals surface area contributed by atoms with Gasteiger partial charge in [-0.3, -0.25) is 0 Å². The summed E-state index contributed by atoms with van der Waals surface area (Å²) in [4.78, 5) is 10.4. The van der Waals surface area contributed by atoms with E-state index in [4.69, 9.17) is 10.8 Å². The van der Waals surface area contributed by atoms with Crippen molar-refractivity contribution in [3.05, 3.63) is 12.2 Å². The summed E-state index contributed by atoms with van der Waals surface area (Å²) in [5, 5.41) is 8.49. The summed E-state index contributed by atoms with van der Waals surface area (Å²) in [7, 11) is 0. The van der Waals surface area contributed by atoms with Crippen molar-refractivity contribution >= 4 is 5.97 Å². The third-order valence-electron chi connectivity index (χ3n) is 1.16. The van der Waals surface area contributed by atoms with E-state index in [0.717, 1.165) is 6.42 Å². The van der Waals surface area contributed by atoms with Crippen LogP contribution in [0.4, 0.5) is 0 Å². The van der Waals surface area contributed by atoms with E-state index in [1.165, 1.54) is 13.0 Å². The summed E-state index contributed by atoms with van der Waals surface area (Å²) in [6.45, 7) is 3.38. The fraction of sp³-hybridized carbons (Fsp3) is 0.571. The van der Waals surface area contributed by atoms with Gasteiger partial charge in [0, 0.05) is 0 Å². The molecule has 3 nitrogen and oxygen atoms in total. The number of carboxylic acid groups (broad SMARTS) is 1. The Bertz CT molecular complexity index is 150. The lowest BCUT2D eigenvalue weighted by atomic mass is 10.0. The molecule has 0 amide bonds. The minimum Gasteiger partial charge on any atom is -0.480 e. The molecule has 0 saturated heterocycles. The first kappa shape index (κ1) is 9.17.